The van der Waals surface area contributed by atoms with Gasteiger partial charge in [-0.15, -0.1) is 0 Å². The first-order valence-electron chi connectivity index (χ1n) is 6.01. The summed E-state index contributed by atoms with van der Waals surface area (Å²) in [6.07, 6.45) is 0. The number of hydrogen-bond donors (Lipinski definition) is 3. The minimum Gasteiger partial charge on any atom is -0.504 e. The van der Waals surface area contributed by atoms with Gasteiger partial charge in [0.2, 0.25) is 5.75 Å². The lowest BCUT2D eigenvalue weighted by Crippen LogP contribution is -2.22. The summed E-state index contributed by atoms with van der Waals surface area (Å²) in [7, 11) is 0. The molecule has 0 heterocycles. The van der Waals surface area contributed by atoms with Crippen molar-refractivity contribution in [2.75, 3.05) is 0 Å². The predicted molar refractivity (Wildman–Crippen MR) is 74.0 cm³/mol. The Hall–Kier alpha value is -3.09. The highest BCUT2D eigenvalue weighted by Crippen LogP contribution is 2.35. The Morgan fingerprint density at radius 1 is 1.19 bits per heavy atom. The molecule has 0 aliphatic carbocycles. The predicted octanol–water partition coefficient (Wildman–Crippen LogP) is 1.94. The average Bonchev–Trinajstić information content (AvgIpc) is 2.48. The third kappa shape index (κ3) is 3.27. The van der Waals surface area contributed by atoms with Crippen LogP contribution in [-0.4, -0.2) is 21.0 Å². The van der Waals surface area contributed by atoms with Crippen LogP contribution in [0.25, 0.3) is 0 Å². The molecule has 1 amide bonds. The largest absolute Gasteiger partial charge is 0.504 e. The van der Waals surface area contributed by atoms with Gasteiger partial charge >= 0.3 is 5.69 Å². The molecule has 0 saturated carbocycles. The average molecular weight is 288 g/mol. The van der Waals surface area contributed by atoms with Crippen molar-refractivity contribution >= 4 is 11.6 Å². The van der Waals surface area contributed by atoms with E-state index in [0.717, 1.165) is 17.7 Å². The maximum atomic E-state index is 11.9. The zero-order valence-corrected chi connectivity index (χ0v) is 10.8. The molecule has 0 aliphatic rings. The Bertz CT molecular complexity index is 685. The minimum absolute atomic E-state index is 0.104. The number of nitro benzene ring substituents is 1. The molecular weight excluding hydrogens is 276 g/mol. The Kier molecular flexibility index (Phi) is 4.03. The number of phenols is 2. The van der Waals surface area contributed by atoms with E-state index in [4.69, 9.17) is 0 Å². The van der Waals surface area contributed by atoms with Gasteiger partial charge < -0.3 is 15.5 Å². The third-order valence-electron chi connectivity index (χ3n) is 2.82. The maximum absolute atomic E-state index is 11.9. The van der Waals surface area contributed by atoms with Crippen LogP contribution >= 0.6 is 0 Å². The number of amides is 1. The molecule has 0 saturated heterocycles. The molecule has 0 unspecified atom stereocenters. The number of carbonyl (C=O) groups is 1. The van der Waals surface area contributed by atoms with Crippen molar-refractivity contribution in [3.05, 3.63) is 63.7 Å². The van der Waals surface area contributed by atoms with Crippen molar-refractivity contribution in [1.29, 1.82) is 0 Å². The number of nitro groups is 1. The summed E-state index contributed by atoms with van der Waals surface area (Å²) in [5, 5.41) is 32.1. The first kappa shape index (κ1) is 14.3. The van der Waals surface area contributed by atoms with E-state index in [0.29, 0.717) is 0 Å². The summed E-state index contributed by atoms with van der Waals surface area (Å²) in [4.78, 5) is 21.8. The van der Waals surface area contributed by atoms with Crippen LogP contribution in [0.3, 0.4) is 0 Å². The van der Waals surface area contributed by atoms with E-state index in [9.17, 15) is 25.1 Å². The molecule has 0 aliphatic heterocycles. The summed E-state index contributed by atoms with van der Waals surface area (Å²) in [6, 6.07) is 11.0. The molecule has 0 radical (unpaired) electrons. The van der Waals surface area contributed by atoms with Crippen LogP contribution in [0.5, 0.6) is 11.5 Å². The van der Waals surface area contributed by atoms with E-state index in [1.165, 1.54) is 0 Å². The van der Waals surface area contributed by atoms with Gasteiger partial charge in [0.15, 0.2) is 5.75 Å². The van der Waals surface area contributed by atoms with Gasteiger partial charge in [0.25, 0.3) is 5.91 Å². The smallest absolute Gasteiger partial charge is 0.315 e. The molecule has 0 spiro atoms. The van der Waals surface area contributed by atoms with Crippen molar-refractivity contribution in [2.24, 2.45) is 0 Å². The molecular formula is C14H12N2O5. The number of hydrogen-bond acceptors (Lipinski definition) is 5. The summed E-state index contributed by atoms with van der Waals surface area (Å²) in [5.74, 6) is -2.16. The van der Waals surface area contributed by atoms with Crippen molar-refractivity contribution in [2.45, 2.75) is 6.54 Å². The number of nitrogens with zero attached hydrogens (tertiary/aromatic N) is 1. The molecule has 3 N–H and O–H groups in total. The number of benzene rings is 2. The highest BCUT2D eigenvalue weighted by atomic mass is 16.6. The number of rotatable bonds is 4. The fourth-order valence-corrected chi connectivity index (χ4v) is 1.75. The topological polar surface area (TPSA) is 113 Å². The van der Waals surface area contributed by atoms with Gasteiger partial charge in [-0.3, -0.25) is 14.9 Å². The van der Waals surface area contributed by atoms with Gasteiger partial charge in [-0.05, 0) is 11.6 Å². The van der Waals surface area contributed by atoms with Crippen LogP contribution in [0.1, 0.15) is 15.9 Å². The molecule has 0 atom stereocenters. The van der Waals surface area contributed by atoms with Gasteiger partial charge in [0.1, 0.15) is 0 Å². The van der Waals surface area contributed by atoms with E-state index in [1.807, 2.05) is 30.3 Å². The molecule has 0 aromatic heterocycles. The van der Waals surface area contributed by atoms with Crippen LogP contribution in [0.4, 0.5) is 5.69 Å². The molecule has 2 aromatic rings. The molecule has 7 nitrogen and oxygen atoms in total. The lowest BCUT2D eigenvalue weighted by molar-refractivity contribution is -0.386. The monoisotopic (exact) mass is 288 g/mol. The number of nitrogens with one attached hydrogen (secondary N) is 1. The zero-order chi connectivity index (χ0) is 15.4. The summed E-state index contributed by atoms with van der Waals surface area (Å²) in [6.45, 7) is 0.245. The molecule has 0 bridgehead atoms. The summed E-state index contributed by atoms with van der Waals surface area (Å²) >= 11 is 0. The summed E-state index contributed by atoms with van der Waals surface area (Å²) in [5.41, 5.74) is 0.0381. The van der Waals surface area contributed by atoms with E-state index in [2.05, 4.69) is 5.32 Å². The van der Waals surface area contributed by atoms with E-state index in [-0.39, 0.29) is 12.1 Å². The van der Waals surface area contributed by atoms with E-state index < -0.39 is 28.0 Å². The number of carbonyl (C=O) groups excluding carboxylic acids is 1. The molecule has 2 rings (SSSR count). The highest BCUT2D eigenvalue weighted by Gasteiger charge is 2.21. The Labute approximate surface area is 119 Å². The number of aromatic hydroxyl groups is 2. The van der Waals surface area contributed by atoms with Crippen LogP contribution in [0, 0.1) is 10.1 Å². The van der Waals surface area contributed by atoms with Crippen molar-refractivity contribution in [1.82, 2.24) is 5.32 Å². The lowest BCUT2D eigenvalue weighted by Gasteiger charge is -2.07. The quantitative estimate of drug-likeness (QED) is 0.452. The van der Waals surface area contributed by atoms with Crippen LogP contribution in [0.2, 0.25) is 0 Å². The normalized spacial score (nSPS) is 10.1. The van der Waals surface area contributed by atoms with Gasteiger partial charge in [-0.1, -0.05) is 30.3 Å². The maximum Gasteiger partial charge on any atom is 0.315 e. The highest BCUT2D eigenvalue weighted by molar-refractivity contribution is 5.95. The van der Waals surface area contributed by atoms with Crippen molar-refractivity contribution < 1.29 is 19.9 Å². The molecule has 21 heavy (non-hydrogen) atoms. The van der Waals surface area contributed by atoms with Gasteiger partial charge in [0.05, 0.1) is 10.5 Å². The SMILES string of the molecule is O=C(NCc1ccccc1)c1cc(O)c(O)c([N+](=O)[O-])c1. The number of phenolic OH excluding ortho intramolecular Hbond substituents is 2. The first-order valence-corrected chi connectivity index (χ1v) is 6.01. The van der Waals surface area contributed by atoms with Crippen molar-refractivity contribution in [3.63, 3.8) is 0 Å². The van der Waals surface area contributed by atoms with Crippen LogP contribution in [-0.2, 0) is 6.54 Å². The summed E-state index contributed by atoms with van der Waals surface area (Å²) < 4.78 is 0. The Morgan fingerprint density at radius 3 is 2.48 bits per heavy atom. The molecule has 2 aromatic carbocycles. The van der Waals surface area contributed by atoms with Crippen molar-refractivity contribution in [3.8, 4) is 11.5 Å². The van der Waals surface area contributed by atoms with Gasteiger partial charge in [0, 0.05) is 12.6 Å². The van der Waals surface area contributed by atoms with Crippen LogP contribution in [0.15, 0.2) is 42.5 Å². The van der Waals surface area contributed by atoms with Gasteiger partial charge in [-0.2, -0.15) is 0 Å². The second kappa shape index (κ2) is 5.91. The minimum atomic E-state index is -0.872. The van der Waals surface area contributed by atoms with E-state index >= 15 is 0 Å². The second-order valence-corrected chi connectivity index (χ2v) is 4.29. The lowest BCUT2D eigenvalue weighted by atomic mass is 10.1. The Balaban J connectivity index is 2.18. The second-order valence-electron chi connectivity index (χ2n) is 4.29. The molecule has 0 fully saturated rings. The van der Waals surface area contributed by atoms with E-state index in [1.54, 1.807) is 0 Å². The standard InChI is InChI=1S/C14H12N2O5/c17-12-7-10(6-11(13(12)18)16(20)21)14(19)15-8-9-4-2-1-3-5-9/h1-7,17-18H,8H2,(H,15,19). The van der Waals surface area contributed by atoms with Gasteiger partial charge in [-0.25, -0.2) is 0 Å². The molecule has 108 valence electrons. The molecule has 7 heteroatoms. The first-order chi connectivity index (χ1) is 9.99. The van der Waals surface area contributed by atoms with Crippen LogP contribution < -0.4 is 5.32 Å². The fraction of sp³-hybridized carbons (Fsp3) is 0.0714. The Morgan fingerprint density at radius 2 is 1.86 bits per heavy atom. The third-order valence-corrected chi connectivity index (χ3v) is 2.82. The fourth-order valence-electron chi connectivity index (χ4n) is 1.75. The zero-order valence-electron chi connectivity index (χ0n) is 10.8.